The number of carbonyl (C=O) groups is 1. The molecular formula is C17H18N2O4. The quantitative estimate of drug-likeness (QED) is 0.633. The predicted octanol–water partition coefficient (Wildman–Crippen LogP) is 2.32. The SMILES string of the molecule is COc1ccc(OCC(=O)NN=C(C)c2ccccc2O)cc1. The molecule has 2 aromatic carbocycles. The van der Waals surface area contributed by atoms with E-state index in [2.05, 4.69) is 10.5 Å². The fourth-order valence-electron chi connectivity index (χ4n) is 1.84. The van der Waals surface area contributed by atoms with E-state index in [1.165, 1.54) is 0 Å². The van der Waals surface area contributed by atoms with Crippen LogP contribution in [0.3, 0.4) is 0 Å². The number of methoxy groups -OCH3 is 1. The number of nitrogens with one attached hydrogen (secondary N) is 1. The van der Waals surface area contributed by atoms with E-state index in [-0.39, 0.29) is 12.4 Å². The molecule has 0 aliphatic rings. The van der Waals surface area contributed by atoms with Crippen molar-refractivity contribution in [3.05, 3.63) is 54.1 Å². The molecule has 0 fully saturated rings. The van der Waals surface area contributed by atoms with Crippen LogP contribution in [0.4, 0.5) is 0 Å². The van der Waals surface area contributed by atoms with Gasteiger partial charge in [-0.25, -0.2) is 5.43 Å². The zero-order valence-corrected chi connectivity index (χ0v) is 12.9. The Morgan fingerprint density at radius 2 is 1.78 bits per heavy atom. The summed E-state index contributed by atoms with van der Waals surface area (Å²) in [7, 11) is 1.58. The maximum Gasteiger partial charge on any atom is 0.277 e. The van der Waals surface area contributed by atoms with Crippen molar-refractivity contribution >= 4 is 11.6 Å². The van der Waals surface area contributed by atoms with Crippen LogP contribution < -0.4 is 14.9 Å². The topological polar surface area (TPSA) is 80.2 Å². The van der Waals surface area contributed by atoms with Crippen molar-refractivity contribution in [1.82, 2.24) is 5.43 Å². The summed E-state index contributed by atoms with van der Waals surface area (Å²) in [4.78, 5) is 11.7. The van der Waals surface area contributed by atoms with Crippen LogP contribution in [-0.2, 0) is 4.79 Å². The van der Waals surface area contributed by atoms with E-state index in [4.69, 9.17) is 9.47 Å². The zero-order chi connectivity index (χ0) is 16.7. The number of benzene rings is 2. The first kappa shape index (κ1) is 16.4. The number of carbonyl (C=O) groups excluding carboxylic acids is 1. The van der Waals surface area contributed by atoms with Crippen molar-refractivity contribution in [2.24, 2.45) is 5.10 Å². The number of nitrogens with zero attached hydrogens (tertiary/aromatic N) is 1. The number of hydrogen-bond donors (Lipinski definition) is 2. The van der Waals surface area contributed by atoms with Crippen LogP contribution in [-0.4, -0.2) is 30.4 Å². The summed E-state index contributed by atoms with van der Waals surface area (Å²) in [6.07, 6.45) is 0. The molecule has 23 heavy (non-hydrogen) atoms. The van der Waals surface area contributed by atoms with Gasteiger partial charge < -0.3 is 14.6 Å². The van der Waals surface area contributed by atoms with Crippen molar-refractivity contribution in [2.75, 3.05) is 13.7 Å². The molecule has 0 heterocycles. The van der Waals surface area contributed by atoms with Crippen LogP contribution in [0.5, 0.6) is 17.2 Å². The van der Waals surface area contributed by atoms with Crippen molar-refractivity contribution in [3.8, 4) is 17.2 Å². The van der Waals surface area contributed by atoms with Crippen LogP contribution in [0.2, 0.25) is 0 Å². The van der Waals surface area contributed by atoms with Crippen molar-refractivity contribution in [1.29, 1.82) is 0 Å². The Hall–Kier alpha value is -3.02. The lowest BCUT2D eigenvalue weighted by molar-refractivity contribution is -0.123. The summed E-state index contributed by atoms with van der Waals surface area (Å²) in [5.74, 6) is 0.986. The third-order valence-electron chi connectivity index (χ3n) is 3.07. The summed E-state index contributed by atoms with van der Waals surface area (Å²) in [6.45, 7) is 1.53. The Balaban J connectivity index is 1.87. The average molecular weight is 314 g/mol. The standard InChI is InChI=1S/C17H18N2O4/c1-12(15-5-3-4-6-16(15)20)18-19-17(21)11-23-14-9-7-13(22-2)8-10-14/h3-10,20H,11H2,1-2H3,(H,19,21). The third kappa shape index (κ3) is 4.74. The second-order valence-electron chi connectivity index (χ2n) is 4.71. The number of phenolic OH excluding ortho intramolecular Hbond substituents is 1. The Labute approximate surface area is 134 Å². The largest absolute Gasteiger partial charge is 0.507 e. The van der Waals surface area contributed by atoms with E-state index < -0.39 is 5.91 Å². The molecule has 0 radical (unpaired) electrons. The molecule has 2 N–H and O–H groups in total. The Bertz CT molecular complexity index is 696. The molecule has 2 aromatic rings. The zero-order valence-electron chi connectivity index (χ0n) is 12.9. The van der Waals surface area contributed by atoms with Gasteiger partial charge in [0.25, 0.3) is 5.91 Å². The number of ether oxygens (including phenoxy) is 2. The van der Waals surface area contributed by atoms with E-state index >= 15 is 0 Å². The van der Waals surface area contributed by atoms with Crippen LogP contribution in [0, 0.1) is 0 Å². The highest BCUT2D eigenvalue weighted by molar-refractivity contribution is 6.01. The number of hydrogen-bond acceptors (Lipinski definition) is 5. The van der Waals surface area contributed by atoms with Gasteiger partial charge in [-0.15, -0.1) is 0 Å². The van der Waals surface area contributed by atoms with Crippen LogP contribution in [0.25, 0.3) is 0 Å². The minimum atomic E-state index is -0.393. The first-order valence-electron chi connectivity index (χ1n) is 6.98. The molecule has 0 aliphatic carbocycles. The summed E-state index contributed by atoms with van der Waals surface area (Å²) in [5, 5.41) is 13.7. The second-order valence-corrected chi connectivity index (χ2v) is 4.71. The minimum Gasteiger partial charge on any atom is -0.507 e. The van der Waals surface area contributed by atoms with E-state index in [0.717, 1.165) is 0 Å². The molecule has 120 valence electrons. The number of para-hydroxylation sites is 1. The van der Waals surface area contributed by atoms with E-state index in [1.807, 2.05) is 0 Å². The molecule has 0 bridgehead atoms. The Morgan fingerprint density at radius 3 is 2.43 bits per heavy atom. The van der Waals surface area contributed by atoms with Gasteiger partial charge >= 0.3 is 0 Å². The lowest BCUT2D eigenvalue weighted by atomic mass is 10.1. The number of rotatable bonds is 6. The lowest BCUT2D eigenvalue weighted by Gasteiger charge is -2.07. The Morgan fingerprint density at radius 1 is 1.13 bits per heavy atom. The van der Waals surface area contributed by atoms with Gasteiger partial charge in [0, 0.05) is 5.56 Å². The summed E-state index contributed by atoms with van der Waals surface area (Å²) in [5.41, 5.74) is 3.45. The normalized spacial score (nSPS) is 11.0. The molecule has 0 spiro atoms. The maximum atomic E-state index is 11.7. The molecule has 0 atom stereocenters. The molecule has 0 aromatic heterocycles. The first-order chi connectivity index (χ1) is 11.1. The monoisotopic (exact) mass is 314 g/mol. The lowest BCUT2D eigenvalue weighted by Crippen LogP contribution is -2.25. The fraction of sp³-hybridized carbons (Fsp3) is 0.176. The van der Waals surface area contributed by atoms with Crippen molar-refractivity contribution in [2.45, 2.75) is 6.92 Å². The van der Waals surface area contributed by atoms with Gasteiger partial charge in [0.2, 0.25) is 0 Å². The van der Waals surface area contributed by atoms with E-state index in [0.29, 0.717) is 22.8 Å². The van der Waals surface area contributed by atoms with Gasteiger partial charge in [-0.2, -0.15) is 5.10 Å². The number of phenols is 1. The molecule has 6 heteroatoms. The molecular weight excluding hydrogens is 296 g/mol. The molecule has 1 amide bonds. The molecule has 0 aliphatic heterocycles. The molecule has 0 saturated heterocycles. The highest BCUT2D eigenvalue weighted by atomic mass is 16.5. The van der Waals surface area contributed by atoms with Gasteiger partial charge in [-0.3, -0.25) is 4.79 Å². The second kappa shape index (κ2) is 7.84. The fourth-order valence-corrected chi connectivity index (χ4v) is 1.84. The molecule has 0 unspecified atom stereocenters. The van der Waals surface area contributed by atoms with Crippen LogP contribution >= 0.6 is 0 Å². The highest BCUT2D eigenvalue weighted by Gasteiger charge is 2.05. The summed E-state index contributed by atoms with van der Waals surface area (Å²) in [6, 6.07) is 13.7. The summed E-state index contributed by atoms with van der Waals surface area (Å²) >= 11 is 0. The van der Waals surface area contributed by atoms with Gasteiger partial charge in [-0.05, 0) is 43.3 Å². The van der Waals surface area contributed by atoms with Gasteiger partial charge in [-0.1, -0.05) is 12.1 Å². The van der Waals surface area contributed by atoms with Gasteiger partial charge in [0.15, 0.2) is 6.61 Å². The van der Waals surface area contributed by atoms with E-state index in [1.54, 1.807) is 62.6 Å². The van der Waals surface area contributed by atoms with E-state index in [9.17, 15) is 9.90 Å². The number of hydrazone groups is 1. The molecule has 2 rings (SSSR count). The van der Waals surface area contributed by atoms with Crippen molar-refractivity contribution < 1.29 is 19.4 Å². The average Bonchev–Trinajstić information content (AvgIpc) is 2.58. The number of aromatic hydroxyl groups is 1. The number of amides is 1. The molecule has 6 nitrogen and oxygen atoms in total. The highest BCUT2D eigenvalue weighted by Crippen LogP contribution is 2.17. The predicted molar refractivity (Wildman–Crippen MR) is 86.9 cm³/mol. The molecule has 0 saturated carbocycles. The maximum absolute atomic E-state index is 11.7. The van der Waals surface area contributed by atoms with Gasteiger partial charge in [0.1, 0.15) is 17.2 Å². The van der Waals surface area contributed by atoms with Crippen LogP contribution in [0.1, 0.15) is 12.5 Å². The summed E-state index contributed by atoms with van der Waals surface area (Å²) < 4.78 is 10.4. The third-order valence-corrected chi connectivity index (χ3v) is 3.07. The van der Waals surface area contributed by atoms with Crippen molar-refractivity contribution in [3.63, 3.8) is 0 Å². The Kier molecular flexibility index (Phi) is 5.57. The van der Waals surface area contributed by atoms with Gasteiger partial charge in [0.05, 0.1) is 12.8 Å². The minimum absolute atomic E-state index is 0.109. The van der Waals surface area contributed by atoms with Crippen LogP contribution in [0.15, 0.2) is 53.6 Å². The first-order valence-corrected chi connectivity index (χ1v) is 6.98. The smallest absolute Gasteiger partial charge is 0.277 e.